The highest BCUT2D eigenvalue weighted by atomic mass is 79.9. The lowest BCUT2D eigenvalue weighted by Gasteiger charge is -2.27. The van der Waals surface area contributed by atoms with Crippen LogP contribution in [0.25, 0.3) is 0 Å². The highest BCUT2D eigenvalue weighted by Crippen LogP contribution is 2.27. The van der Waals surface area contributed by atoms with Crippen molar-refractivity contribution in [3.05, 3.63) is 50.5 Å². The number of benzene rings is 1. The van der Waals surface area contributed by atoms with Crippen molar-refractivity contribution < 1.29 is 4.79 Å². The van der Waals surface area contributed by atoms with Crippen LogP contribution in [0.4, 0.5) is 0 Å². The van der Waals surface area contributed by atoms with Crippen LogP contribution >= 0.6 is 27.5 Å². The van der Waals surface area contributed by atoms with E-state index < -0.39 is 0 Å². The zero-order chi connectivity index (χ0) is 16.7. The normalized spacial score (nSPS) is 14.3. The van der Waals surface area contributed by atoms with Gasteiger partial charge in [0.05, 0.1) is 22.8 Å². The second-order valence-electron chi connectivity index (χ2n) is 6.18. The number of hydrogen-bond acceptors (Lipinski definition) is 2. The summed E-state index contributed by atoms with van der Waals surface area (Å²) in [7, 11) is 2.06. The quantitative estimate of drug-likeness (QED) is 0.764. The number of aromatic nitrogens is 2. The van der Waals surface area contributed by atoms with Gasteiger partial charge in [-0.1, -0.05) is 41.4 Å². The summed E-state index contributed by atoms with van der Waals surface area (Å²) >= 11 is 9.59. The summed E-state index contributed by atoms with van der Waals surface area (Å²) in [5, 5.41) is 0.480. The monoisotopic (exact) mass is 395 g/mol. The Labute approximate surface area is 149 Å². The van der Waals surface area contributed by atoms with Crippen molar-refractivity contribution in [3.63, 3.8) is 0 Å². The van der Waals surface area contributed by atoms with Gasteiger partial charge in [-0.05, 0) is 18.2 Å². The van der Waals surface area contributed by atoms with Crippen LogP contribution in [0.5, 0.6) is 0 Å². The molecule has 0 aliphatic carbocycles. The molecule has 1 aromatic heterocycles. The summed E-state index contributed by atoms with van der Waals surface area (Å²) in [6.07, 6.45) is 0.822. The average molecular weight is 397 g/mol. The lowest BCUT2D eigenvalue weighted by atomic mass is 10.1. The molecule has 4 nitrogen and oxygen atoms in total. The largest absolute Gasteiger partial charge is 0.334 e. The lowest BCUT2D eigenvalue weighted by molar-refractivity contribution is 0.0731. The minimum absolute atomic E-state index is 0.0429. The Morgan fingerprint density at radius 2 is 2.13 bits per heavy atom. The average Bonchev–Trinajstić information content (AvgIpc) is 2.86. The number of carbonyl (C=O) groups is 1. The van der Waals surface area contributed by atoms with Gasteiger partial charge in [0, 0.05) is 36.1 Å². The highest BCUT2D eigenvalue weighted by Gasteiger charge is 2.27. The lowest BCUT2D eigenvalue weighted by Crippen LogP contribution is -2.36. The Morgan fingerprint density at radius 3 is 2.83 bits per heavy atom. The minimum Gasteiger partial charge on any atom is -0.334 e. The highest BCUT2D eigenvalue weighted by molar-refractivity contribution is 9.10. The predicted octanol–water partition coefficient (Wildman–Crippen LogP) is 4.16. The number of nitrogens with zero attached hydrogens (tertiary/aromatic N) is 3. The van der Waals surface area contributed by atoms with Crippen LogP contribution in [-0.2, 0) is 20.0 Å². The number of fused-ring (bicyclic) bond motifs is 1. The fraction of sp³-hybridized carbons (Fsp3) is 0.412. The van der Waals surface area contributed by atoms with Crippen LogP contribution in [0, 0.1) is 0 Å². The smallest absolute Gasteiger partial charge is 0.255 e. The zero-order valence-electron chi connectivity index (χ0n) is 13.4. The van der Waals surface area contributed by atoms with Crippen molar-refractivity contribution in [2.24, 2.45) is 7.05 Å². The fourth-order valence-corrected chi connectivity index (χ4v) is 3.63. The molecule has 2 heterocycles. The first-order valence-corrected chi connectivity index (χ1v) is 8.84. The van der Waals surface area contributed by atoms with E-state index in [1.54, 1.807) is 12.1 Å². The molecular formula is C17H19BrClN3O. The van der Waals surface area contributed by atoms with E-state index in [0.717, 1.165) is 22.4 Å². The molecule has 0 saturated carbocycles. The Morgan fingerprint density at radius 1 is 1.39 bits per heavy atom. The topological polar surface area (TPSA) is 38.1 Å². The van der Waals surface area contributed by atoms with Crippen molar-refractivity contribution >= 4 is 33.4 Å². The van der Waals surface area contributed by atoms with Crippen LogP contribution in [0.2, 0.25) is 5.02 Å². The van der Waals surface area contributed by atoms with Gasteiger partial charge in [0.1, 0.15) is 5.82 Å². The first kappa shape index (κ1) is 16.5. The van der Waals surface area contributed by atoms with Crippen LogP contribution in [-0.4, -0.2) is 26.9 Å². The Kier molecular flexibility index (Phi) is 4.52. The van der Waals surface area contributed by atoms with E-state index in [2.05, 4.69) is 41.4 Å². The first-order valence-electron chi connectivity index (χ1n) is 7.67. The van der Waals surface area contributed by atoms with E-state index >= 15 is 0 Å². The summed E-state index contributed by atoms with van der Waals surface area (Å²) in [6, 6.07) is 5.35. The fourth-order valence-electron chi connectivity index (χ4n) is 3.07. The molecule has 1 aliphatic rings. The molecule has 0 saturated heterocycles. The van der Waals surface area contributed by atoms with Crippen LogP contribution in [0.3, 0.4) is 0 Å². The number of carbonyl (C=O) groups excluding carboxylic acids is 1. The number of imidazole rings is 1. The van der Waals surface area contributed by atoms with E-state index in [0.29, 0.717) is 29.6 Å². The van der Waals surface area contributed by atoms with Gasteiger partial charge in [-0.15, -0.1) is 0 Å². The molecule has 1 aliphatic heterocycles. The van der Waals surface area contributed by atoms with E-state index in [-0.39, 0.29) is 5.91 Å². The van der Waals surface area contributed by atoms with Gasteiger partial charge in [0.25, 0.3) is 5.91 Å². The van der Waals surface area contributed by atoms with Gasteiger partial charge in [0.2, 0.25) is 0 Å². The Hall–Kier alpha value is -1.33. The molecule has 6 heteroatoms. The van der Waals surface area contributed by atoms with Crippen molar-refractivity contribution in [2.45, 2.75) is 32.7 Å². The molecule has 0 bridgehead atoms. The number of rotatable bonds is 2. The van der Waals surface area contributed by atoms with Gasteiger partial charge >= 0.3 is 0 Å². The minimum atomic E-state index is -0.0429. The maximum absolute atomic E-state index is 12.8. The number of amides is 1. The molecule has 1 amide bonds. The van der Waals surface area contributed by atoms with Gasteiger partial charge in [-0.3, -0.25) is 4.79 Å². The predicted molar refractivity (Wildman–Crippen MR) is 94.9 cm³/mol. The van der Waals surface area contributed by atoms with Crippen molar-refractivity contribution in [1.29, 1.82) is 0 Å². The third kappa shape index (κ3) is 3.04. The summed E-state index contributed by atoms with van der Waals surface area (Å²) < 4.78 is 3.02. The van der Waals surface area contributed by atoms with Crippen LogP contribution in [0.15, 0.2) is 22.7 Å². The third-order valence-corrected chi connectivity index (χ3v) is 5.08. The molecule has 3 rings (SSSR count). The molecule has 0 fully saturated rings. The molecule has 0 atom stereocenters. The van der Waals surface area contributed by atoms with Crippen molar-refractivity contribution in [2.75, 3.05) is 6.54 Å². The summed E-state index contributed by atoms with van der Waals surface area (Å²) in [5.74, 6) is 1.40. The molecule has 0 spiro atoms. The molecular weight excluding hydrogens is 378 g/mol. The van der Waals surface area contributed by atoms with E-state index in [1.807, 2.05) is 11.0 Å². The van der Waals surface area contributed by atoms with E-state index in [4.69, 9.17) is 16.6 Å². The molecule has 1 aromatic carbocycles. The van der Waals surface area contributed by atoms with Crippen LogP contribution < -0.4 is 0 Å². The van der Waals surface area contributed by atoms with Gasteiger partial charge < -0.3 is 9.47 Å². The van der Waals surface area contributed by atoms with E-state index in [1.165, 1.54) is 5.69 Å². The zero-order valence-corrected chi connectivity index (χ0v) is 15.8. The van der Waals surface area contributed by atoms with Gasteiger partial charge in [-0.2, -0.15) is 0 Å². The molecule has 23 heavy (non-hydrogen) atoms. The Bertz CT molecular complexity index is 769. The summed E-state index contributed by atoms with van der Waals surface area (Å²) in [5.41, 5.74) is 2.77. The number of hydrogen-bond donors (Lipinski definition) is 0. The molecule has 0 N–H and O–H groups in total. The second-order valence-corrected chi connectivity index (χ2v) is 7.50. The van der Waals surface area contributed by atoms with E-state index in [9.17, 15) is 4.79 Å². The SMILES string of the molecule is CC(C)c1nc2c(n1C)CCN(C(=O)c1cc(Br)ccc1Cl)C2. The van der Waals surface area contributed by atoms with Crippen molar-refractivity contribution in [3.8, 4) is 0 Å². The first-order chi connectivity index (χ1) is 10.9. The standard InChI is InChI=1S/C17H19BrClN3O/c1-10(2)16-20-14-9-22(7-6-15(14)21(16)3)17(23)12-8-11(18)4-5-13(12)19/h4-5,8,10H,6-7,9H2,1-3H3. The second kappa shape index (κ2) is 6.29. The molecule has 0 radical (unpaired) electrons. The maximum Gasteiger partial charge on any atom is 0.255 e. The third-order valence-electron chi connectivity index (χ3n) is 4.25. The summed E-state index contributed by atoms with van der Waals surface area (Å²) in [4.78, 5) is 19.4. The van der Waals surface area contributed by atoms with Crippen molar-refractivity contribution in [1.82, 2.24) is 14.5 Å². The number of halogens is 2. The molecule has 122 valence electrons. The van der Waals surface area contributed by atoms with Crippen LogP contribution in [0.1, 0.15) is 47.3 Å². The van der Waals surface area contributed by atoms with Gasteiger partial charge in [-0.25, -0.2) is 4.98 Å². The summed E-state index contributed by atoms with van der Waals surface area (Å²) in [6.45, 7) is 5.50. The molecule has 2 aromatic rings. The maximum atomic E-state index is 12.8. The molecule has 0 unspecified atom stereocenters. The Balaban J connectivity index is 1.88. The van der Waals surface area contributed by atoms with Gasteiger partial charge in [0.15, 0.2) is 0 Å².